The van der Waals surface area contributed by atoms with Crippen molar-refractivity contribution >= 4 is 12.0 Å². The molecule has 0 fully saturated rings. The summed E-state index contributed by atoms with van der Waals surface area (Å²) in [7, 11) is 0. The van der Waals surface area contributed by atoms with E-state index in [1.165, 1.54) is 0 Å². The number of nitrogens with one attached hydrogen (secondary N) is 1. The monoisotopic (exact) mass is 366 g/mol. The third kappa shape index (κ3) is 4.41. The lowest BCUT2D eigenvalue weighted by molar-refractivity contribution is 0.318. The minimum atomic E-state index is 0.0999. The first-order valence-electron chi connectivity index (χ1n) is 8.60. The molecule has 8 heteroatoms. The van der Waals surface area contributed by atoms with E-state index in [4.69, 9.17) is 4.74 Å². The van der Waals surface area contributed by atoms with Crippen LogP contribution in [-0.2, 0) is 0 Å². The number of ether oxygens (including phenoxy) is 1. The number of hydrazone groups is 1. The molecule has 0 atom stereocenters. The van der Waals surface area contributed by atoms with E-state index in [1.54, 1.807) is 35.2 Å². The van der Waals surface area contributed by atoms with Crippen LogP contribution in [-0.4, -0.2) is 37.7 Å². The molecule has 0 saturated heterocycles. The summed E-state index contributed by atoms with van der Waals surface area (Å²) in [6, 6.07) is 8.81. The molecule has 8 nitrogen and oxygen atoms in total. The van der Waals surface area contributed by atoms with Gasteiger partial charge in [0.25, 0.3) is 5.95 Å². The molecule has 0 bridgehead atoms. The van der Waals surface area contributed by atoms with Crippen molar-refractivity contribution in [1.29, 1.82) is 0 Å². The molecule has 0 unspecified atom stereocenters. The number of anilines is 1. The van der Waals surface area contributed by atoms with Gasteiger partial charge >= 0.3 is 0 Å². The summed E-state index contributed by atoms with van der Waals surface area (Å²) in [5, 5.41) is 18.4. The highest BCUT2D eigenvalue weighted by Gasteiger charge is 2.09. The fourth-order valence-electron chi connectivity index (χ4n) is 2.59. The van der Waals surface area contributed by atoms with E-state index in [-0.39, 0.29) is 5.75 Å². The molecule has 1 aromatic carbocycles. The predicted octanol–water partition coefficient (Wildman–Crippen LogP) is 3.14. The summed E-state index contributed by atoms with van der Waals surface area (Å²) in [6.07, 6.45) is 1.63. The zero-order valence-electron chi connectivity index (χ0n) is 15.8. The summed E-state index contributed by atoms with van der Waals surface area (Å²) in [4.78, 5) is 8.91. The first-order chi connectivity index (χ1) is 13.0. The number of benzene rings is 1. The molecule has 3 aromatic rings. The van der Waals surface area contributed by atoms with Crippen molar-refractivity contribution < 1.29 is 9.84 Å². The number of aromatic hydroxyl groups is 1. The Morgan fingerprint density at radius 2 is 1.96 bits per heavy atom. The van der Waals surface area contributed by atoms with E-state index >= 15 is 0 Å². The highest BCUT2D eigenvalue weighted by molar-refractivity contribution is 5.81. The van der Waals surface area contributed by atoms with Gasteiger partial charge in [-0.3, -0.25) is 5.43 Å². The molecule has 0 aliphatic heterocycles. The van der Waals surface area contributed by atoms with Crippen molar-refractivity contribution in [2.24, 2.45) is 5.10 Å². The fourth-order valence-corrected chi connectivity index (χ4v) is 2.59. The SMILES string of the molecule is CCOc1cc(C=NNc2cc(C)nc(-n3nc(C)cc3C)n2)ccc1O. The van der Waals surface area contributed by atoms with E-state index in [2.05, 4.69) is 25.6 Å². The van der Waals surface area contributed by atoms with Crippen molar-refractivity contribution in [1.82, 2.24) is 19.7 Å². The zero-order chi connectivity index (χ0) is 19.4. The van der Waals surface area contributed by atoms with E-state index in [0.29, 0.717) is 24.1 Å². The van der Waals surface area contributed by atoms with Gasteiger partial charge in [0.05, 0.1) is 18.5 Å². The molecule has 0 saturated carbocycles. The Hall–Kier alpha value is -3.42. The van der Waals surface area contributed by atoms with Crippen LogP contribution in [0.4, 0.5) is 5.82 Å². The van der Waals surface area contributed by atoms with Gasteiger partial charge in [-0.05, 0) is 57.5 Å². The normalized spacial score (nSPS) is 11.1. The van der Waals surface area contributed by atoms with Crippen LogP contribution in [0.5, 0.6) is 11.5 Å². The Labute approximate surface area is 157 Å². The minimum absolute atomic E-state index is 0.0999. The minimum Gasteiger partial charge on any atom is -0.504 e. The first-order valence-corrected chi connectivity index (χ1v) is 8.60. The Morgan fingerprint density at radius 1 is 1.15 bits per heavy atom. The standard InChI is InChI=1S/C19H22N6O2/c1-5-27-17-10-15(6-7-16(17)26)11-20-23-18-9-12(2)21-19(22-18)25-14(4)8-13(3)24-25/h6-11,26H,5H2,1-4H3,(H,21,22,23). The average Bonchev–Trinajstić information content (AvgIpc) is 2.96. The third-order valence-electron chi connectivity index (χ3n) is 3.72. The van der Waals surface area contributed by atoms with Gasteiger partial charge in [-0.25, -0.2) is 9.67 Å². The van der Waals surface area contributed by atoms with Crippen LogP contribution >= 0.6 is 0 Å². The number of phenolic OH excluding ortho intramolecular Hbond substituents is 1. The Bertz CT molecular complexity index is 980. The van der Waals surface area contributed by atoms with E-state index in [0.717, 1.165) is 22.6 Å². The van der Waals surface area contributed by atoms with Gasteiger partial charge in [0.2, 0.25) is 0 Å². The molecule has 0 aliphatic rings. The van der Waals surface area contributed by atoms with Gasteiger partial charge < -0.3 is 9.84 Å². The van der Waals surface area contributed by atoms with Crippen LogP contribution in [0.25, 0.3) is 5.95 Å². The van der Waals surface area contributed by atoms with Crippen LogP contribution in [0.15, 0.2) is 35.4 Å². The second kappa shape index (κ2) is 7.86. The summed E-state index contributed by atoms with van der Waals surface area (Å²) in [5.41, 5.74) is 6.36. The number of hydrogen-bond acceptors (Lipinski definition) is 7. The highest BCUT2D eigenvalue weighted by atomic mass is 16.5. The van der Waals surface area contributed by atoms with Crippen molar-refractivity contribution in [3.8, 4) is 17.4 Å². The molecule has 0 aliphatic carbocycles. The maximum Gasteiger partial charge on any atom is 0.253 e. The van der Waals surface area contributed by atoms with Crippen molar-refractivity contribution in [3.05, 3.63) is 53.0 Å². The summed E-state index contributed by atoms with van der Waals surface area (Å²) >= 11 is 0. The van der Waals surface area contributed by atoms with Gasteiger partial charge in [0.15, 0.2) is 17.3 Å². The molecule has 0 spiro atoms. The Morgan fingerprint density at radius 3 is 2.67 bits per heavy atom. The maximum absolute atomic E-state index is 9.75. The van der Waals surface area contributed by atoms with Gasteiger partial charge in [0.1, 0.15) is 0 Å². The summed E-state index contributed by atoms with van der Waals surface area (Å²) in [5.74, 6) is 1.57. The Balaban J connectivity index is 1.79. The number of aryl methyl sites for hydroxylation is 3. The largest absolute Gasteiger partial charge is 0.504 e. The quantitative estimate of drug-likeness (QED) is 0.514. The zero-order valence-corrected chi connectivity index (χ0v) is 15.8. The average molecular weight is 366 g/mol. The van der Waals surface area contributed by atoms with Crippen LogP contribution < -0.4 is 10.2 Å². The predicted molar refractivity (Wildman–Crippen MR) is 104 cm³/mol. The third-order valence-corrected chi connectivity index (χ3v) is 3.72. The molecule has 2 N–H and O–H groups in total. The molecule has 0 radical (unpaired) electrons. The highest BCUT2D eigenvalue weighted by Crippen LogP contribution is 2.26. The van der Waals surface area contributed by atoms with Gasteiger partial charge in [-0.2, -0.15) is 15.2 Å². The fraction of sp³-hybridized carbons (Fsp3) is 0.263. The molecule has 27 heavy (non-hydrogen) atoms. The van der Waals surface area contributed by atoms with Crippen molar-refractivity contribution in [3.63, 3.8) is 0 Å². The van der Waals surface area contributed by atoms with Crippen molar-refractivity contribution in [2.45, 2.75) is 27.7 Å². The maximum atomic E-state index is 9.75. The smallest absolute Gasteiger partial charge is 0.253 e. The number of phenols is 1. The number of hydrogen-bond donors (Lipinski definition) is 2. The molecule has 2 aromatic heterocycles. The summed E-state index contributed by atoms with van der Waals surface area (Å²) < 4.78 is 7.07. The van der Waals surface area contributed by atoms with Crippen LogP contribution in [0, 0.1) is 20.8 Å². The molecule has 2 heterocycles. The second-order valence-corrected chi connectivity index (χ2v) is 6.06. The van der Waals surface area contributed by atoms with Crippen LogP contribution in [0.2, 0.25) is 0 Å². The molecule has 3 rings (SSSR count). The van der Waals surface area contributed by atoms with E-state index < -0.39 is 0 Å². The second-order valence-electron chi connectivity index (χ2n) is 6.06. The van der Waals surface area contributed by atoms with E-state index in [1.807, 2.05) is 33.8 Å². The number of rotatable bonds is 6. The van der Waals surface area contributed by atoms with Gasteiger partial charge in [0, 0.05) is 17.5 Å². The lowest BCUT2D eigenvalue weighted by Gasteiger charge is -2.07. The summed E-state index contributed by atoms with van der Waals surface area (Å²) in [6.45, 7) is 8.11. The molecule has 0 amide bonds. The Kier molecular flexibility index (Phi) is 5.35. The van der Waals surface area contributed by atoms with Gasteiger partial charge in [-0.15, -0.1) is 0 Å². The van der Waals surface area contributed by atoms with Crippen LogP contribution in [0.3, 0.4) is 0 Å². The molecular formula is C19H22N6O2. The van der Waals surface area contributed by atoms with E-state index in [9.17, 15) is 5.11 Å². The van der Waals surface area contributed by atoms with Crippen molar-refractivity contribution in [2.75, 3.05) is 12.0 Å². The van der Waals surface area contributed by atoms with Crippen LogP contribution in [0.1, 0.15) is 29.6 Å². The molecular weight excluding hydrogens is 344 g/mol. The van der Waals surface area contributed by atoms with Gasteiger partial charge in [-0.1, -0.05) is 0 Å². The number of nitrogens with zero attached hydrogens (tertiary/aromatic N) is 5. The topological polar surface area (TPSA) is 97.5 Å². The lowest BCUT2D eigenvalue weighted by atomic mass is 10.2. The molecule has 140 valence electrons. The first kappa shape index (κ1) is 18.4. The lowest BCUT2D eigenvalue weighted by Crippen LogP contribution is -2.08. The number of aromatic nitrogens is 4.